The van der Waals surface area contributed by atoms with E-state index in [1.165, 1.54) is 0 Å². The summed E-state index contributed by atoms with van der Waals surface area (Å²) in [5.74, 6) is -1.02. The van der Waals surface area contributed by atoms with Crippen LogP contribution in [0.2, 0.25) is 0 Å². The Bertz CT molecular complexity index is 918. The molecule has 9 nitrogen and oxygen atoms in total. The van der Waals surface area contributed by atoms with E-state index in [-0.39, 0.29) is 26.1 Å². The van der Waals surface area contributed by atoms with E-state index in [0.29, 0.717) is 23.9 Å². The standard InChI is InChI=1S/C32H54NO8P/c1-6-8-10-11-12-13-14-15-16-17-18-19-20-21-23-25-32(35)41-30(28-38-31(34)24-22-9-7-2)29-40-42(36,37)39-27-26-33(3,4)5/h8,10,12-13,15-16,18-19,21,23,30H,6-7,9,11,14,17,20,22,24-29H2,1-5H3/b10-8-,13-12-,16-15-,19-18-,23-21-. The zero-order valence-electron chi connectivity index (χ0n) is 26.4. The molecule has 0 spiro atoms. The molecule has 0 aliphatic carbocycles. The fourth-order valence-corrected chi connectivity index (χ4v) is 3.92. The second-order valence-electron chi connectivity index (χ2n) is 10.8. The summed E-state index contributed by atoms with van der Waals surface area (Å²) in [5.41, 5.74) is 0. The van der Waals surface area contributed by atoms with E-state index in [1.807, 2.05) is 40.2 Å². The lowest BCUT2D eigenvalue weighted by molar-refractivity contribution is -0.870. The highest BCUT2D eigenvalue weighted by atomic mass is 31.2. The highest BCUT2D eigenvalue weighted by molar-refractivity contribution is 7.45. The highest BCUT2D eigenvalue weighted by Crippen LogP contribution is 2.38. The lowest BCUT2D eigenvalue weighted by Crippen LogP contribution is -2.37. The maximum absolute atomic E-state index is 12.4. The lowest BCUT2D eigenvalue weighted by Gasteiger charge is -2.28. The average Bonchev–Trinajstić information content (AvgIpc) is 2.91. The van der Waals surface area contributed by atoms with Crippen molar-refractivity contribution >= 4 is 19.8 Å². The van der Waals surface area contributed by atoms with Gasteiger partial charge in [-0.05, 0) is 38.5 Å². The van der Waals surface area contributed by atoms with Crippen molar-refractivity contribution < 1.29 is 42.1 Å². The van der Waals surface area contributed by atoms with Crippen molar-refractivity contribution in [3.63, 3.8) is 0 Å². The normalized spacial score (nSPS) is 14.9. The molecule has 0 amide bonds. The quantitative estimate of drug-likeness (QED) is 0.0385. The molecule has 0 rings (SSSR count). The lowest BCUT2D eigenvalue weighted by atomic mass is 10.2. The number of quaternary nitrogens is 1. The summed E-state index contributed by atoms with van der Waals surface area (Å²) in [6, 6.07) is 0. The van der Waals surface area contributed by atoms with Crippen molar-refractivity contribution in [2.24, 2.45) is 0 Å². The van der Waals surface area contributed by atoms with Crippen LogP contribution < -0.4 is 4.89 Å². The van der Waals surface area contributed by atoms with Gasteiger partial charge >= 0.3 is 11.9 Å². The van der Waals surface area contributed by atoms with Crippen molar-refractivity contribution in [3.8, 4) is 0 Å². The number of rotatable bonds is 25. The molecule has 0 bridgehead atoms. The van der Waals surface area contributed by atoms with Crippen LogP contribution in [0.5, 0.6) is 0 Å². The first-order valence-corrected chi connectivity index (χ1v) is 16.5. The van der Waals surface area contributed by atoms with E-state index in [1.54, 1.807) is 6.08 Å². The van der Waals surface area contributed by atoms with Gasteiger partial charge in [0.15, 0.2) is 6.10 Å². The van der Waals surface area contributed by atoms with Gasteiger partial charge in [0, 0.05) is 6.42 Å². The Balaban J connectivity index is 4.60. The minimum Gasteiger partial charge on any atom is -0.756 e. The smallest absolute Gasteiger partial charge is 0.310 e. The van der Waals surface area contributed by atoms with Crippen LogP contribution in [0, 0.1) is 0 Å². The van der Waals surface area contributed by atoms with Crippen molar-refractivity contribution in [2.75, 3.05) is 47.5 Å². The van der Waals surface area contributed by atoms with Crippen LogP contribution in [0.1, 0.15) is 78.1 Å². The van der Waals surface area contributed by atoms with E-state index in [0.717, 1.165) is 38.5 Å². The van der Waals surface area contributed by atoms with Crippen LogP contribution in [0.25, 0.3) is 0 Å². The van der Waals surface area contributed by atoms with Gasteiger partial charge < -0.3 is 27.9 Å². The summed E-state index contributed by atoms with van der Waals surface area (Å²) in [7, 11) is 1.09. The Morgan fingerprint density at radius 1 is 0.762 bits per heavy atom. The number of phosphoric acid groups is 1. The molecule has 42 heavy (non-hydrogen) atoms. The molecule has 0 aliphatic rings. The number of likely N-dealkylation sites (N-methyl/N-ethyl adjacent to an activating group) is 1. The number of ether oxygens (including phenoxy) is 2. The average molecular weight is 612 g/mol. The number of phosphoric ester groups is 1. The van der Waals surface area contributed by atoms with Gasteiger partial charge in [-0.25, -0.2) is 0 Å². The third-order valence-electron chi connectivity index (χ3n) is 5.59. The number of carbonyl (C=O) groups excluding carboxylic acids is 2. The molecule has 0 aliphatic heterocycles. The first kappa shape index (κ1) is 39.7. The number of carbonyl (C=O) groups is 2. The number of nitrogens with zero attached hydrogens (tertiary/aromatic N) is 1. The molecule has 0 fully saturated rings. The number of hydrogen-bond acceptors (Lipinski definition) is 8. The second kappa shape index (κ2) is 25.2. The van der Waals surface area contributed by atoms with Crippen LogP contribution >= 0.6 is 7.82 Å². The molecule has 0 N–H and O–H groups in total. The Kier molecular flexibility index (Phi) is 23.9. The minimum absolute atomic E-state index is 0.0104. The molecular weight excluding hydrogens is 557 g/mol. The number of unbranched alkanes of at least 4 members (excludes halogenated alkanes) is 2. The molecule has 0 saturated carbocycles. The van der Waals surface area contributed by atoms with E-state index in [9.17, 15) is 19.0 Å². The van der Waals surface area contributed by atoms with Crippen molar-refractivity contribution in [1.82, 2.24) is 0 Å². The van der Waals surface area contributed by atoms with Crippen LogP contribution in [0.15, 0.2) is 60.8 Å². The maximum atomic E-state index is 12.4. The molecular formula is C32H54NO8P. The van der Waals surface area contributed by atoms with E-state index < -0.39 is 32.5 Å². The fraction of sp³-hybridized carbons (Fsp3) is 0.625. The summed E-state index contributed by atoms with van der Waals surface area (Å²) in [4.78, 5) is 36.5. The largest absolute Gasteiger partial charge is 0.756 e. The summed E-state index contributed by atoms with van der Waals surface area (Å²) >= 11 is 0. The molecule has 10 heteroatoms. The SMILES string of the molecule is CC/C=C\C/C=C\C/C=C\C/C=C\C/C=C\CC(=O)OC(COC(=O)CCCCC)COP(=O)([O-])OCC[N+](C)(C)C. The molecule has 0 aromatic heterocycles. The van der Waals surface area contributed by atoms with Gasteiger partial charge in [0.2, 0.25) is 0 Å². The van der Waals surface area contributed by atoms with Crippen molar-refractivity contribution in [1.29, 1.82) is 0 Å². The summed E-state index contributed by atoms with van der Waals surface area (Å²) < 4.78 is 33.1. The van der Waals surface area contributed by atoms with Crippen LogP contribution in [0.4, 0.5) is 0 Å². The molecule has 0 aromatic rings. The zero-order valence-corrected chi connectivity index (χ0v) is 27.3. The molecule has 2 unspecified atom stereocenters. The van der Waals surface area contributed by atoms with E-state index >= 15 is 0 Å². The minimum atomic E-state index is -4.62. The number of esters is 2. The van der Waals surface area contributed by atoms with Gasteiger partial charge in [-0.3, -0.25) is 14.2 Å². The highest BCUT2D eigenvalue weighted by Gasteiger charge is 2.21. The number of hydrogen-bond donors (Lipinski definition) is 0. The molecule has 0 aromatic carbocycles. The Hall–Kier alpha value is -2.29. The van der Waals surface area contributed by atoms with E-state index in [2.05, 4.69) is 49.5 Å². The first-order valence-electron chi connectivity index (χ1n) is 15.0. The topological polar surface area (TPSA) is 111 Å². The van der Waals surface area contributed by atoms with Crippen LogP contribution in [-0.2, 0) is 32.7 Å². The van der Waals surface area contributed by atoms with Gasteiger partial charge in [-0.1, -0.05) is 87.4 Å². The molecule has 0 heterocycles. The first-order chi connectivity index (χ1) is 20.0. The Morgan fingerprint density at radius 3 is 1.83 bits per heavy atom. The van der Waals surface area contributed by atoms with Gasteiger partial charge in [0.25, 0.3) is 7.82 Å². The summed E-state index contributed by atoms with van der Waals surface area (Å²) in [5, 5.41) is 0. The monoisotopic (exact) mass is 611 g/mol. The zero-order chi connectivity index (χ0) is 31.5. The van der Waals surface area contributed by atoms with Gasteiger partial charge in [-0.15, -0.1) is 0 Å². The summed E-state index contributed by atoms with van der Waals surface area (Å²) in [6.07, 6.45) is 26.6. The molecule has 240 valence electrons. The fourth-order valence-electron chi connectivity index (χ4n) is 3.20. The third-order valence-corrected chi connectivity index (χ3v) is 6.55. The molecule has 0 saturated heterocycles. The van der Waals surface area contributed by atoms with Gasteiger partial charge in [0.1, 0.15) is 19.8 Å². The van der Waals surface area contributed by atoms with Crippen LogP contribution in [-0.4, -0.2) is 70.0 Å². The van der Waals surface area contributed by atoms with Crippen LogP contribution in [0.3, 0.4) is 0 Å². The molecule has 2 atom stereocenters. The van der Waals surface area contributed by atoms with Gasteiger partial charge in [0.05, 0.1) is 34.2 Å². The van der Waals surface area contributed by atoms with E-state index in [4.69, 9.17) is 18.5 Å². The summed E-state index contributed by atoms with van der Waals surface area (Å²) in [6.45, 7) is 3.74. The predicted octanol–water partition coefficient (Wildman–Crippen LogP) is 6.37. The Morgan fingerprint density at radius 2 is 1.31 bits per heavy atom. The Labute approximate surface area is 254 Å². The van der Waals surface area contributed by atoms with Gasteiger partial charge in [-0.2, -0.15) is 0 Å². The third kappa shape index (κ3) is 27.9. The number of allylic oxidation sites excluding steroid dienone is 9. The van der Waals surface area contributed by atoms with Crippen molar-refractivity contribution in [2.45, 2.75) is 84.2 Å². The molecule has 0 radical (unpaired) electrons. The second-order valence-corrected chi connectivity index (χ2v) is 12.2. The maximum Gasteiger partial charge on any atom is 0.310 e. The van der Waals surface area contributed by atoms with Crippen molar-refractivity contribution in [3.05, 3.63) is 60.8 Å². The predicted molar refractivity (Wildman–Crippen MR) is 166 cm³/mol.